The number of nitrogens with one attached hydrogen (secondary N) is 1. The molecule has 7 heteroatoms. The normalized spacial score (nSPS) is 18.9. The highest BCUT2D eigenvalue weighted by molar-refractivity contribution is 6.37. The molecule has 1 unspecified atom stereocenters. The molecule has 1 heterocycles. The molecule has 0 saturated carbocycles. The maximum absolute atomic E-state index is 12.2. The molecule has 1 fully saturated rings. The number of nitrogens with zero attached hydrogens (tertiary/aromatic N) is 1. The van der Waals surface area contributed by atoms with Crippen molar-refractivity contribution in [3.05, 3.63) is 28.2 Å². The third kappa shape index (κ3) is 2.83. The molecule has 1 saturated heterocycles. The molecule has 1 N–H and O–H groups in total. The van der Waals surface area contributed by atoms with Gasteiger partial charge in [-0.15, -0.1) is 0 Å². The summed E-state index contributed by atoms with van der Waals surface area (Å²) < 4.78 is 4.90. The van der Waals surface area contributed by atoms with E-state index in [-0.39, 0.29) is 11.6 Å². The first-order chi connectivity index (χ1) is 9.04. The first-order valence-electron chi connectivity index (χ1n) is 5.63. The van der Waals surface area contributed by atoms with Crippen molar-refractivity contribution in [2.75, 3.05) is 18.6 Å². The number of carbonyl (C=O) groups excluding carboxylic acids is 2. The molecule has 1 aliphatic heterocycles. The topological polar surface area (TPSA) is 58.6 Å². The molecular weight excluding hydrogens is 291 g/mol. The van der Waals surface area contributed by atoms with Gasteiger partial charge in [-0.2, -0.15) is 0 Å². The first kappa shape index (κ1) is 14.1. The van der Waals surface area contributed by atoms with E-state index in [0.717, 1.165) is 4.90 Å². The molecule has 1 aromatic carbocycles. The maximum atomic E-state index is 12.2. The van der Waals surface area contributed by atoms with Gasteiger partial charge in [-0.3, -0.25) is 4.79 Å². The van der Waals surface area contributed by atoms with Gasteiger partial charge in [0, 0.05) is 25.2 Å². The summed E-state index contributed by atoms with van der Waals surface area (Å²) in [5.41, 5.74) is 0.289. The van der Waals surface area contributed by atoms with Crippen molar-refractivity contribution < 1.29 is 14.3 Å². The van der Waals surface area contributed by atoms with Crippen molar-refractivity contribution >= 4 is 40.8 Å². The molecule has 1 aliphatic rings. The Hall–Kier alpha value is -1.30. The number of urea groups is 1. The highest BCUT2D eigenvalue weighted by Gasteiger charge is 2.39. The standard InChI is InChI=1S/C12H12Cl2N2O3/c1-19-5-4-9-11(17)16(12(18)15-9)10-6-7(13)2-3-8(10)14/h2-3,6,9H,4-5H2,1H3,(H,15,18). The summed E-state index contributed by atoms with van der Waals surface area (Å²) in [4.78, 5) is 25.1. The van der Waals surface area contributed by atoms with Crippen molar-refractivity contribution in [1.29, 1.82) is 0 Å². The van der Waals surface area contributed by atoms with Crippen molar-refractivity contribution in [2.24, 2.45) is 0 Å². The van der Waals surface area contributed by atoms with Crippen LogP contribution < -0.4 is 10.2 Å². The van der Waals surface area contributed by atoms with Crippen molar-refractivity contribution in [1.82, 2.24) is 5.32 Å². The number of rotatable bonds is 4. The van der Waals surface area contributed by atoms with Gasteiger partial charge in [-0.05, 0) is 18.2 Å². The molecule has 5 nitrogen and oxygen atoms in total. The van der Waals surface area contributed by atoms with E-state index < -0.39 is 12.1 Å². The molecule has 0 radical (unpaired) electrons. The van der Waals surface area contributed by atoms with E-state index in [0.29, 0.717) is 23.1 Å². The predicted molar refractivity (Wildman–Crippen MR) is 72.8 cm³/mol. The van der Waals surface area contributed by atoms with Crippen LogP contribution >= 0.6 is 23.2 Å². The third-order valence-electron chi connectivity index (χ3n) is 2.78. The van der Waals surface area contributed by atoms with Gasteiger partial charge in [-0.25, -0.2) is 9.69 Å². The van der Waals surface area contributed by atoms with E-state index >= 15 is 0 Å². The molecule has 102 valence electrons. The average molecular weight is 303 g/mol. The molecule has 0 aliphatic carbocycles. The number of amides is 3. The van der Waals surface area contributed by atoms with Crippen molar-refractivity contribution in [3.8, 4) is 0 Å². The Morgan fingerprint density at radius 1 is 1.37 bits per heavy atom. The van der Waals surface area contributed by atoms with Crippen molar-refractivity contribution in [3.63, 3.8) is 0 Å². The van der Waals surface area contributed by atoms with Crippen LogP contribution in [0.5, 0.6) is 0 Å². The second kappa shape index (κ2) is 5.77. The molecule has 0 bridgehead atoms. The SMILES string of the molecule is COCCC1NC(=O)N(c2cc(Cl)ccc2Cl)C1=O. The Kier molecular flexibility index (Phi) is 4.29. The number of imide groups is 1. The van der Waals surface area contributed by atoms with Gasteiger partial charge in [0.1, 0.15) is 6.04 Å². The van der Waals surface area contributed by atoms with Gasteiger partial charge < -0.3 is 10.1 Å². The number of halogens is 2. The number of ether oxygens (including phenoxy) is 1. The summed E-state index contributed by atoms with van der Waals surface area (Å²) in [5.74, 6) is -0.355. The summed E-state index contributed by atoms with van der Waals surface area (Å²) in [6.07, 6.45) is 0.412. The van der Waals surface area contributed by atoms with E-state index in [4.69, 9.17) is 27.9 Å². The van der Waals surface area contributed by atoms with Crippen LogP contribution in [-0.4, -0.2) is 31.7 Å². The molecule has 2 rings (SSSR count). The number of benzene rings is 1. The quantitative estimate of drug-likeness (QED) is 0.869. The predicted octanol–water partition coefficient (Wildman–Crippen LogP) is 2.45. The largest absolute Gasteiger partial charge is 0.385 e. The van der Waals surface area contributed by atoms with Gasteiger partial charge in [-0.1, -0.05) is 23.2 Å². The molecule has 0 spiro atoms. The van der Waals surface area contributed by atoms with Crippen LogP contribution in [0.2, 0.25) is 10.0 Å². The third-order valence-corrected chi connectivity index (χ3v) is 3.33. The number of hydrogen-bond acceptors (Lipinski definition) is 3. The second-order valence-corrected chi connectivity index (χ2v) is 4.90. The minimum absolute atomic E-state index is 0.289. The molecule has 1 aromatic rings. The summed E-state index contributed by atoms with van der Waals surface area (Å²) in [5, 5.41) is 3.28. The zero-order chi connectivity index (χ0) is 14.0. The monoisotopic (exact) mass is 302 g/mol. The maximum Gasteiger partial charge on any atom is 0.329 e. The summed E-state index contributed by atoms with van der Waals surface area (Å²) in [6.45, 7) is 0.383. The van der Waals surface area contributed by atoms with Crippen LogP contribution in [0.25, 0.3) is 0 Å². The van der Waals surface area contributed by atoms with E-state index in [9.17, 15) is 9.59 Å². The van der Waals surface area contributed by atoms with Crippen LogP contribution in [0, 0.1) is 0 Å². The van der Waals surface area contributed by atoms with Gasteiger partial charge in [0.25, 0.3) is 5.91 Å². The molecular formula is C12H12Cl2N2O3. The zero-order valence-corrected chi connectivity index (χ0v) is 11.7. The smallest absolute Gasteiger partial charge is 0.329 e. The molecule has 19 heavy (non-hydrogen) atoms. The lowest BCUT2D eigenvalue weighted by molar-refractivity contribution is -0.118. The Labute approximate surface area is 120 Å². The van der Waals surface area contributed by atoms with Gasteiger partial charge in [0.05, 0.1) is 10.7 Å². The Morgan fingerprint density at radius 3 is 2.79 bits per heavy atom. The number of hydrogen-bond donors (Lipinski definition) is 1. The molecule has 3 amide bonds. The fourth-order valence-corrected chi connectivity index (χ4v) is 2.22. The van der Waals surface area contributed by atoms with E-state index in [1.807, 2.05) is 0 Å². The average Bonchev–Trinajstić information content (AvgIpc) is 2.65. The lowest BCUT2D eigenvalue weighted by atomic mass is 10.2. The summed E-state index contributed by atoms with van der Waals surface area (Å²) in [7, 11) is 1.53. The van der Waals surface area contributed by atoms with Crippen LogP contribution in [0.1, 0.15) is 6.42 Å². The van der Waals surface area contributed by atoms with Gasteiger partial charge in [0.2, 0.25) is 0 Å². The summed E-state index contributed by atoms with van der Waals surface area (Å²) in [6, 6.07) is 3.52. The lowest BCUT2D eigenvalue weighted by Crippen LogP contribution is -2.32. The zero-order valence-electron chi connectivity index (χ0n) is 10.2. The highest BCUT2D eigenvalue weighted by atomic mass is 35.5. The van der Waals surface area contributed by atoms with Gasteiger partial charge in [0.15, 0.2) is 0 Å². The molecule has 1 atom stereocenters. The minimum Gasteiger partial charge on any atom is -0.385 e. The number of carbonyl (C=O) groups is 2. The first-order valence-corrected chi connectivity index (χ1v) is 6.38. The van der Waals surface area contributed by atoms with E-state index in [2.05, 4.69) is 5.32 Å². The minimum atomic E-state index is -0.595. The second-order valence-electron chi connectivity index (χ2n) is 4.05. The van der Waals surface area contributed by atoms with E-state index in [1.165, 1.54) is 13.2 Å². The fraction of sp³-hybridized carbons (Fsp3) is 0.333. The number of methoxy groups -OCH3 is 1. The highest BCUT2D eigenvalue weighted by Crippen LogP contribution is 2.31. The van der Waals surface area contributed by atoms with Crippen LogP contribution in [-0.2, 0) is 9.53 Å². The Balaban J connectivity index is 2.27. The molecule has 0 aromatic heterocycles. The Morgan fingerprint density at radius 2 is 2.11 bits per heavy atom. The summed E-state index contributed by atoms with van der Waals surface area (Å²) >= 11 is 11.9. The van der Waals surface area contributed by atoms with Crippen LogP contribution in [0.15, 0.2) is 18.2 Å². The van der Waals surface area contributed by atoms with Crippen LogP contribution in [0.4, 0.5) is 10.5 Å². The van der Waals surface area contributed by atoms with Gasteiger partial charge >= 0.3 is 6.03 Å². The van der Waals surface area contributed by atoms with Crippen LogP contribution in [0.3, 0.4) is 0 Å². The number of anilines is 1. The Bertz CT molecular complexity index is 522. The van der Waals surface area contributed by atoms with E-state index in [1.54, 1.807) is 12.1 Å². The lowest BCUT2D eigenvalue weighted by Gasteiger charge is -2.15. The fourth-order valence-electron chi connectivity index (χ4n) is 1.85. The van der Waals surface area contributed by atoms with Crippen molar-refractivity contribution in [2.45, 2.75) is 12.5 Å².